The summed E-state index contributed by atoms with van der Waals surface area (Å²) in [6.07, 6.45) is 0. The van der Waals surface area contributed by atoms with Crippen LogP contribution in [-0.2, 0) is 4.74 Å². The number of phenolic OH excluding ortho intramolecular Hbond substituents is 1. The van der Waals surface area contributed by atoms with E-state index in [1.807, 2.05) is 19.1 Å². The van der Waals surface area contributed by atoms with E-state index in [1.165, 1.54) is 0 Å². The fourth-order valence-corrected chi connectivity index (χ4v) is 2.44. The Balaban J connectivity index is 2.21. The monoisotopic (exact) mass is 226 g/mol. The van der Waals surface area contributed by atoms with E-state index < -0.39 is 0 Å². The van der Waals surface area contributed by atoms with E-state index in [2.05, 4.69) is 0 Å². The maximum absolute atomic E-state index is 9.54. The molecule has 0 aliphatic carbocycles. The highest BCUT2D eigenvalue weighted by molar-refractivity contribution is 7.99. The molecule has 0 unspecified atom stereocenters. The quantitative estimate of drug-likeness (QED) is 0.859. The van der Waals surface area contributed by atoms with Gasteiger partial charge in [-0.15, -0.1) is 11.8 Å². The first-order chi connectivity index (χ1) is 7.31. The van der Waals surface area contributed by atoms with Crippen LogP contribution in [0.3, 0.4) is 0 Å². The van der Waals surface area contributed by atoms with Crippen molar-refractivity contribution in [2.75, 3.05) is 19.0 Å². The molecule has 1 aromatic rings. The van der Waals surface area contributed by atoms with Crippen LogP contribution in [0.4, 0.5) is 0 Å². The van der Waals surface area contributed by atoms with Crippen molar-refractivity contribution >= 4 is 11.8 Å². The van der Waals surface area contributed by atoms with Crippen LogP contribution in [-0.4, -0.2) is 24.1 Å². The summed E-state index contributed by atoms with van der Waals surface area (Å²) in [6.45, 7) is 3.24. The Morgan fingerprint density at radius 2 is 2.47 bits per heavy atom. The Bertz CT molecular complexity index is 335. The number of rotatable bonds is 3. The lowest BCUT2D eigenvalue weighted by Gasteiger charge is -2.12. The van der Waals surface area contributed by atoms with Crippen LogP contribution in [0, 0.1) is 0 Å². The summed E-state index contributed by atoms with van der Waals surface area (Å²) in [6, 6.07) is 5.38. The van der Waals surface area contributed by atoms with E-state index in [4.69, 9.17) is 9.47 Å². The van der Waals surface area contributed by atoms with Crippen LogP contribution in [0.15, 0.2) is 18.2 Å². The predicted octanol–water partition coefficient (Wildman–Crippen LogP) is 2.55. The average molecular weight is 226 g/mol. The highest BCUT2D eigenvalue weighted by Gasteiger charge is 2.19. The molecule has 2 rings (SSSR count). The molecule has 1 N–H and O–H groups in total. The van der Waals surface area contributed by atoms with Gasteiger partial charge >= 0.3 is 0 Å². The molecule has 1 aromatic carbocycles. The van der Waals surface area contributed by atoms with Gasteiger partial charge in [-0.25, -0.2) is 0 Å². The van der Waals surface area contributed by atoms with Gasteiger partial charge in [-0.1, -0.05) is 6.07 Å². The third-order valence-electron chi connectivity index (χ3n) is 2.18. The Hall–Kier alpha value is -0.870. The smallest absolute Gasteiger partial charge is 0.161 e. The summed E-state index contributed by atoms with van der Waals surface area (Å²) >= 11 is 1.77. The molecule has 0 bridgehead atoms. The second-order valence-electron chi connectivity index (χ2n) is 3.23. The molecule has 3 nitrogen and oxygen atoms in total. The standard InChI is InChI=1S/C11H14O3S/c1-2-13-10-7-8(3-4-9(10)12)11-14-5-6-15-11/h3-4,7,11-12H,2,5-6H2,1H3/t11-/m1/s1. The van der Waals surface area contributed by atoms with Crippen molar-refractivity contribution in [2.45, 2.75) is 12.4 Å². The van der Waals surface area contributed by atoms with Crippen molar-refractivity contribution in [2.24, 2.45) is 0 Å². The van der Waals surface area contributed by atoms with E-state index >= 15 is 0 Å². The lowest BCUT2D eigenvalue weighted by molar-refractivity contribution is 0.144. The third-order valence-corrected chi connectivity index (χ3v) is 3.29. The van der Waals surface area contributed by atoms with Gasteiger partial charge in [-0.05, 0) is 24.6 Å². The molecule has 0 amide bonds. The molecule has 0 spiro atoms. The minimum absolute atomic E-state index is 0.0878. The SMILES string of the molecule is CCOc1cc([C@@H]2OCCS2)ccc1O. The molecule has 1 fully saturated rings. The molecule has 15 heavy (non-hydrogen) atoms. The molecule has 0 aromatic heterocycles. The van der Waals surface area contributed by atoms with E-state index in [1.54, 1.807) is 17.8 Å². The summed E-state index contributed by atoms with van der Waals surface area (Å²) in [5.74, 6) is 1.74. The molecule has 1 atom stereocenters. The minimum Gasteiger partial charge on any atom is -0.504 e. The summed E-state index contributed by atoms with van der Waals surface area (Å²) in [7, 11) is 0. The van der Waals surface area contributed by atoms with Crippen molar-refractivity contribution < 1.29 is 14.6 Å². The number of thioether (sulfide) groups is 1. The molecule has 4 heteroatoms. The fraction of sp³-hybridized carbons (Fsp3) is 0.455. The van der Waals surface area contributed by atoms with E-state index in [0.29, 0.717) is 12.4 Å². The normalized spacial score (nSPS) is 20.5. The Labute approximate surface area is 93.4 Å². The molecular weight excluding hydrogens is 212 g/mol. The number of hydrogen-bond acceptors (Lipinski definition) is 4. The topological polar surface area (TPSA) is 38.7 Å². The first-order valence-corrected chi connectivity index (χ1v) is 6.05. The second-order valence-corrected chi connectivity index (χ2v) is 4.40. The van der Waals surface area contributed by atoms with Gasteiger partial charge in [-0.3, -0.25) is 0 Å². The molecule has 1 saturated heterocycles. The van der Waals surface area contributed by atoms with Gasteiger partial charge in [0.1, 0.15) is 5.44 Å². The Kier molecular flexibility index (Phi) is 3.38. The zero-order valence-electron chi connectivity index (χ0n) is 8.60. The molecule has 1 heterocycles. The predicted molar refractivity (Wildman–Crippen MR) is 60.4 cm³/mol. The maximum atomic E-state index is 9.54. The fourth-order valence-electron chi connectivity index (χ4n) is 1.50. The van der Waals surface area contributed by atoms with Crippen molar-refractivity contribution in [3.05, 3.63) is 23.8 Å². The maximum Gasteiger partial charge on any atom is 0.161 e. The molecular formula is C11H14O3S. The molecule has 1 aliphatic rings. The lowest BCUT2D eigenvalue weighted by Crippen LogP contribution is -1.96. The Morgan fingerprint density at radius 3 is 3.13 bits per heavy atom. The summed E-state index contributed by atoms with van der Waals surface area (Å²) in [5, 5.41) is 9.54. The van der Waals surface area contributed by atoms with E-state index in [9.17, 15) is 5.11 Å². The van der Waals surface area contributed by atoms with Crippen molar-refractivity contribution in [1.29, 1.82) is 0 Å². The van der Waals surface area contributed by atoms with Gasteiger partial charge < -0.3 is 14.6 Å². The first kappa shape index (κ1) is 10.6. The van der Waals surface area contributed by atoms with Crippen LogP contribution in [0.1, 0.15) is 17.9 Å². The van der Waals surface area contributed by atoms with Crippen molar-refractivity contribution in [1.82, 2.24) is 0 Å². The zero-order valence-corrected chi connectivity index (χ0v) is 9.42. The lowest BCUT2D eigenvalue weighted by atomic mass is 10.2. The van der Waals surface area contributed by atoms with Crippen LogP contribution in [0.5, 0.6) is 11.5 Å². The minimum atomic E-state index is 0.0878. The Morgan fingerprint density at radius 1 is 1.60 bits per heavy atom. The van der Waals surface area contributed by atoms with Crippen LogP contribution in [0.25, 0.3) is 0 Å². The average Bonchev–Trinajstić information content (AvgIpc) is 2.75. The van der Waals surface area contributed by atoms with Gasteiger partial charge in [0.2, 0.25) is 0 Å². The van der Waals surface area contributed by atoms with Gasteiger partial charge in [0.25, 0.3) is 0 Å². The van der Waals surface area contributed by atoms with Gasteiger partial charge in [0.15, 0.2) is 11.5 Å². The molecule has 1 aliphatic heterocycles. The highest BCUT2D eigenvalue weighted by Crippen LogP contribution is 2.38. The van der Waals surface area contributed by atoms with Gasteiger partial charge in [0, 0.05) is 5.75 Å². The van der Waals surface area contributed by atoms with Crippen LogP contribution >= 0.6 is 11.8 Å². The summed E-state index contributed by atoms with van der Waals surface area (Å²) in [5.41, 5.74) is 1.14. The summed E-state index contributed by atoms with van der Waals surface area (Å²) < 4.78 is 10.9. The molecule has 0 radical (unpaired) electrons. The number of hydrogen-bond donors (Lipinski definition) is 1. The first-order valence-electron chi connectivity index (χ1n) is 5.00. The van der Waals surface area contributed by atoms with E-state index in [0.717, 1.165) is 17.9 Å². The number of phenols is 1. The van der Waals surface area contributed by atoms with Gasteiger partial charge in [0.05, 0.1) is 13.2 Å². The third kappa shape index (κ3) is 2.38. The largest absolute Gasteiger partial charge is 0.504 e. The molecule has 82 valence electrons. The summed E-state index contributed by atoms with van der Waals surface area (Å²) in [4.78, 5) is 0. The van der Waals surface area contributed by atoms with E-state index in [-0.39, 0.29) is 11.2 Å². The van der Waals surface area contributed by atoms with Crippen molar-refractivity contribution in [3.63, 3.8) is 0 Å². The van der Waals surface area contributed by atoms with Crippen molar-refractivity contribution in [3.8, 4) is 11.5 Å². The number of benzene rings is 1. The second kappa shape index (κ2) is 4.77. The highest BCUT2D eigenvalue weighted by atomic mass is 32.2. The van der Waals surface area contributed by atoms with Crippen LogP contribution < -0.4 is 4.74 Å². The molecule has 0 saturated carbocycles. The van der Waals surface area contributed by atoms with Gasteiger partial charge in [-0.2, -0.15) is 0 Å². The number of ether oxygens (including phenoxy) is 2. The zero-order chi connectivity index (χ0) is 10.7. The van der Waals surface area contributed by atoms with Crippen LogP contribution in [0.2, 0.25) is 0 Å². The number of aromatic hydroxyl groups is 1.